The van der Waals surface area contributed by atoms with Crippen molar-refractivity contribution in [3.63, 3.8) is 0 Å². The first-order valence-electron chi connectivity index (χ1n) is 9.30. The second-order valence-corrected chi connectivity index (χ2v) is 8.65. The van der Waals surface area contributed by atoms with Crippen LogP contribution < -0.4 is 5.32 Å². The highest BCUT2D eigenvalue weighted by Gasteiger charge is 2.25. The molecule has 8 heteroatoms. The number of halogens is 1. The summed E-state index contributed by atoms with van der Waals surface area (Å²) in [5, 5.41) is 4.94. The monoisotopic (exact) mass is 421 g/mol. The van der Waals surface area contributed by atoms with E-state index in [4.69, 9.17) is 4.74 Å². The summed E-state index contributed by atoms with van der Waals surface area (Å²) in [6.07, 6.45) is 7.85. The summed E-state index contributed by atoms with van der Waals surface area (Å²) in [7, 11) is 1.36. The van der Waals surface area contributed by atoms with Gasteiger partial charge in [-0.15, -0.1) is 11.8 Å². The molecule has 1 aromatic carbocycles. The average Bonchev–Trinajstić information content (AvgIpc) is 2.73. The maximum Gasteiger partial charge on any atom is 0.344 e. The van der Waals surface area contributed by atoms with E-state index in [1.165, 1.54) is 50.3 Å². The predicted molar refractivity (Wildman–Crippen MR) is 112 cm³/mol. The van der Waals surface area contributed by atoms with E-state index in [2.05, 4.69) is 15.3 Å². The zero-order valence-electron chi connectivity index (χ0n) is 16.0. The van der Waals surface area contributed by atoms with Crippen LogP contribution in [0.1, 0.15) is 48.0 Å². The Kier molecular flexibility index (Phi) is 7.56. The molecule has 1 heterocycles. The van der Waals surface area contributed by atoms with Gasteiger partial charge in [-0.3, -0.25) is 0 Å². The van der Waals surface area contributed by atoms with Gasteiger partial charge in [-0.25, -0.2) is 19.2 Å². The van der Waals surface area contributed by atoms with Gasteiger partial charge in [-0.2, -0.15) is 0 Å². The number of hydrogen-bond acceptors (Lipinski definition) is 7. The molecule has 0 unspecified atom stereocenters. The third-order valence-corrected chi connectivity index (χ3v) is 6.50. The molecule has 1 saturated carbocycles. The van der Waals surface area contributed by atoms with Gasteiger partial charge in [0.05, 0.1) is 7.11 Å². The van der Waals surface area contributed by atoms with Gasteiger partial charge in [-0.05, 0) is 36.8 Å². The van der Waals surface area contributed by atoms with Crippen LogP contribution in [0.25, 0.3) is 0 Å². The predicted octanol–water partition coefficient (Wildman–Crippen LogP) is 5.16. The van der Waals surface area contributed by atoms with Gasteiger partial charge in [0.2, 0.25) is 0 Å². The van der Waals surface area contributed by atoms with Crippen molar-refractivity contribution >= 4 is 35.3 Å². The maximum absolute atomic E-state index is 13.1. The molecular weight excluding hydrogens is 397 g/mol. The summed E-state index contributed by atoms with van der Waals surface area (Å²) in [6.45, 7) is 0.419. The van der Waals surface area contributed by atoms with E-state index in [1.807, 2.05) is 6.26 Å². The third-order valence-electron chi connectivity index (χ3n) is 4.63. The fourth-order valence-electron chi connectivity index (χ4n) is 3.14. The molecule has 150 valence electrons. The zero-order chi connectivity index (χ0) is 19.9. The molecule has 0 bridgehead atoms. The smallest absolute Gasteiger partial charge is 0.344 e. The van der Waals surface area contributed by atoms with Crippen molar-refractivity contribution in [1.82, 2.24) is 9.97 Å². The lowest BCUT2D eigenvalue weighted by molar-refractivity contribution is 0.0596. The molecule has 3 rings (SSSR count). The van der Waals surface area contributed by atoms with Gasteiger partial charge in [0.25, 0.3) is 0 Å². The molecule has 0 saturated heterocycles. The zero-order valence-corrected chi connectivity index (χ0v) is 17.7. The van der Waals surface area contributed by atoms with Crippen LogP contribution in [0, 0.1) is 5.82 Å². The minimum Gasteiger partial charge on any atom is -0.465 e. The number of rotatable bonds is 7. The fourth-order valence-corrected chi connectivity index (χ4v) is 4.88. The Labute approximate surface area is 173 Å². The van der Waals surface area contributed by atoms with Crippen molar-refractivity contribution in [1.29, 1.82) is 0 Å². The van der Waals surface area contributed by atoms with Gasteiger partial charge in [0.15, 0.2) is 5.16 Å². The number of anilines is 1. The van der Waals surface area contributed by atoms with E-state index in [1.54, 1.807) is 23.9 Å². The van der Waals surface area contributed by atoms with Crippen molar-refractivity contribution in [2.75, 3.05) is 18.7 Å². The summed E-state index contributed by atoms with van der Waals surface area (Å²) in [6, 6.07) is 6.23. The van der Waals surface area contributed by atoms with E-state index in [9.17, 15) is 9.18 Å². The van der Waals surface area contributed by atoms with Crippen molar-refractivity contribution in [2.45, 2.75) is 54.1 Å². The van der Waals surface area contributed by atoms with Crippen molar-refractivity contribution in [3.05, 3.63) is 41.2 Å². The molecule has 28 heavy (non-hydrogen) atoms. The number of thioether (sulfide) groups is 2. The summed E-state index contributed by atoms with van der Waals surface area (Å²) in [5.74, 6) is -0.279. The van der Waals surface area contributed by atoms with E-state index in [0.29, 0.717) is 33.4 Å². The molecule has 1 fully saturated rings. The van der Waals surface area contributed by atoms with Crippen LogP contribution in [0.5, 0.6) is 0 Å². The Morgan fingerprint density at radius 1 is 1.21 bits per heavy atom. The normalized spacial score (nSPS) is 14.7. The Balaban J connectivity index is 1.90. The molecule has 1 aromatic heterocycles. The lowest BCUT2D eigenvalue weighted by Gasteiger charge is -2.22. The minimum absolute atomic E-state index is 0.281. The van der Waals surface area contributed by atoms with Crippen molar-refractivity contribution in [2.24, 2.45) is 0 Å². The molecule has 1 aliphatic carbocycles. The second kappa shape index (κ2) is 10.1. The van der Waals surface area contributed by atoms with E-state index in [-0.39, 0.29) is 5.82 Å². The topological polar surface area (TPSA) is 64.1 Å². The Morgan fingerprint density at radius 3 is 2.57 bits per heavy atom. The molecule has 2 aromatic rings. The van der Waals surface area contributed by atoms with E-state index >= 15 is 0 Å². The Hall–Kier alpha value is -1.80. The summed E-state index contributed by atoms with van der Waals surface area (Å²) in [4.78, 5) is 21.6. The van der Waals surface area contributed by atoms with Gasteiger partial charge in [-0.1, -0.05) is 43.2 Å². The van der Waals surface area contributed by atoms with Crippen LogP contribution in [0.4, 0.5) is 10.2 Å². The summed E-state index contributed by atoms with van der Waals surface area (Å²) >= 11 is 3.08. The standard InChI is InChI=1S/C20H24FN3O2S2/c1-26-19(25)16-17(22-12-13-8-10-14(21)11-9-13)23-20(27-2)24-18(16)28-15-6-4-3-5-7-15/h8-11,15H,3-7,12H2,1-2H3,(H,22,23,24). The molecule has 0 spiro atoms. The number of methoxy groups -OCH3 is 1. The molecule has 0 amide bonds. The van der Waals surface area contributed by atoms with Gasteiger partial charge >= 0.3 is 5.97 Å². The van der Waals surface area contributed by atoms with Crippen LogP contribution in [0.3, 0.4) is 0 Å². The van der Waals surface area contributed by atoms with Crippen LogP contribution in [-0.2, 0) is 11.3 Å². The average molecular weight is 422 g/mol. The number of esters is 1. The van der Waals surface area contributed by atoms with Crippen molar-refractivity contribution in [3.8, 4) is 0 Å². The molecule has 0 radical (unpaired) electrons. The number of carbonyl (C=O) groups excluding carboxylic acids is 1. The molecule has 1 N–H and O–H groups in total. The van der Waals surface area contributed by atoms with E-state index in [0.717, 1.165) is 18.4 Å². The minimum atomic E-state index is -0.451. The number of benzene rings is 1. The number of nitrogens with one attached hydrogen (secondary N) is 1. The van der Waals surface area contributed by atoms with Crippen LogP contribution in [-0.4, -0.2) is 34.6 Å². The lowest BCUT2D eigenvalue weighted by atomic mass is 10.0. The molecule has 5 nitrogen and oxygen atoms in total. The first-order chi connectivity index (χ1) is 13.6. The van der Waals surface area contributed by atoms with Crippen LogP contribution >= 0.6 is 23.5 Å². The highest BCUT2D eigenvalue weighted by Crippen LogP contribution is 2.37. The first kappa shape index (κ1) is 20.9. The van der Waals surface area contributed by atoms with Crippen molar-refractivity contribution < 1.29 is 13.9 Å². The first-order valence-corrected chi connectivity index (χ1v) is 11.4. The number of carbonyl (C=O) groups is 1. The Morgan fingerprint density at radius 2 is 1.93 bits per heavy atom. The van der Waals surface area contributed by atoms with Crippen LogP contribution in [0.2, 0.25) is 0 Å². The van der Waals surface area contributed by atoms with Crippen LogP contribution in [0.15, 0.2) is 34.4 Å². The number of nitrogens with zero attached hydrogens (tertiary/aromatic N) is 2. The van der Waals surface area contributed by atoms with Gasteiger partial charge in [0.1, 0.15) is 22.2 Å². The quantitative estimate of drug-likeness (QED) is 0.287. The maximum atomic E-state index is 13.1. The largest absolute Gasteiger partial charge is 0.465 e. The third kappa shape index (κ3) is 5.38. The molecule has 1 aliphatic rings. The molecular formula is C20H24FN3O2S2. The lowest BCUT2D eigenvalue weighted by Crippen LogP contribution is -2.16. The van der Waals surface area contributed by atoms with E-state index < -0.39 is 5.97 Å². The summed E-state index contributed by atoms with van der Waals surface area (Å²) < 4.78 is 18.2. The molecule has 0 aliphatic heterocycles. The number of aromatic nitrogens is 2. The SMILES string of the molecule is COC(=O)c1c(NCc2ccc(F)cc2)nc(SC)nc1SC1CCCCC1. The van der Waals surface area contributed by atoms with Gasteiger partial charge in [0, 0.05) is 11.8 Å². The fraction of sp³-hybridized carbons (Fsp3) is 0.450. The number of ether oxygens (including phenoxy) is 1. The van der Waals surface area contributed by atoms with Gasteiger partial charge < -0.3 is 10.1 Å². The highest BCUT2D eigenvalue weighted by atomic mass is 32.2. The second-order valence-electron chi connectivity index (χ2n) is 6.59. The molecule has 0 atom stereocenters. The number of hydrogen-bond donors (Lipinski definition) is 1. The highest BCUT2D eigenvalue weighted by molar-refractivity contribution is 8.00. The Bertz CT molecular complexity index is 812. The summed E-state index contributed by atoms with van der Waals surface area (Å²) in [5.41, 5.74) is 1.26.